The van der Waals surface area contributed by atoms with Crippen molar-refractivity contribution in [3.05, 3.63) is 59.7 Å². The molecular weight excluding hydrogens is 368 g/mol. The van der Waals surface area contributed by atoms with Gasteiger partial charge >= 0.3 is 5.97 Å². The fourth-order valence-corrected chi connectivity index (χ4v) is 3.41. The Kier molecular flexibility index (Phi) is 6.95. The summed E-state index contributed by atoms with van der Waals surface area (Å²) in [6, 6.07) is 11.7. The Hall–Kier alpha value is -2.87. The van der Waals surface area contributed by atoms with Gasteiger partial charge in [0.2, 0.25) is 0 Å². The SMILES string of the molecule is CCCCNC(=O)c1ccc(S(=O)(=O)Nc2ccccc2C(=O)OC)cc1. The van der Waals surface area contributed by atoms with Crippen LogP contribution in [0.4, 0.5) is 5.69 Å². The van der Waals surface area contributed by atoms with Gasteiger partial charge in [0, 0.05) is 12.1 Å². The molecule has 0 atom stereocenters. The summed E-state index contributed by atoms with van der Waals surface area (Å²) in [6.45, 7) is 2.60. The molecule has 0 aliphatic heterocycles. The average Bonchev–Trinajstić information content (AvgIpc) is 2.67. The monoisotopic (exact) mass is 390 g/mol. The zero-order valence-electron chi connectivity index (χ0n) is 15.2. The number of carbonyl (C=O) groups excluding carboxylic acids is 2. The third kappa shape index (κ3) is 5.30. The molecular formula is C19H22N2O5S. The minimum atomic E-state index is -3.93. The number of benzene rings is 2. The number of para-hydroxylation sites is 1. The van der Waals surface area contributed by atoms with Gasteiger partial charge in [0.25, 0.3) is 15.9 Å². The molecule has 1 amide bonds. The van der Waals surface area contributed by atoms with Gasteiger partial charge in [0.05, 0.1) is 23.3 Å². The number of hydrogen-bond acceptors (Lipinski definition) is 5. The van der Waals surface area contributed by atoms with Crippen LogP contribution in [0.15, 0.2) is 53.4 Å². The maximum atomic E-state index is 12.6. The molecule has 0 aliphatic rings. The van der Waals surface area contributed by atoms with Crippen molar-refractivity contribution >= 4 is 27.6 Å². The topological polar surface area (TPSA) is 102 Å². The lowest BCUT2D eigenvalue weighted by Gasteiger charge is -2.12. The van der Waals surface area contributed by atoms with Crippen molar-refractivity contribution in [1.82, 2.24) is 5.32 Å². The first-order valence-electron chi connectivity index (χ1n) is 8.47. The maximum absolute atomic E-state index is 12.6. The van der Waals surface area contributed by atoms with Crippen LogP contribution in [0.2, 0.25) is 0 Å². The highest BCUT2D eigenvalue weighted by Gasteiger charge is 2.19. The number of unbranched alkanes of at least 4 members (excludes halogenated alkanes) is 1. The number of sulfonamides is 1. The van der Waals surface area contributed by atoms with Gasteiger partial charge in [-0.05, 0) is 42.8 Å². The van der Waals surface area contributed by atoms with Gasteiger partial charge in [-0.3, -0.25) is 9.52 Å². The van der Waals surface area contributed by atoms with E-state index in [4.69, 9.17) is 0 Å². The summed E-state index contributed by atoms with van der Waals surface area (Å²) < 4.78 is 32.2. The Bertz CT molecular complexity index is 908. The van der Waals surface area contributed by atoms with Gasteiger partial charge in [-0.2, -0.15) is 0 Å². The molecule has 2 N–H and O–H groups in total. The van der Waals surface area contributed by atoms with Crippen LogP contribution in [-0.2, 0) is 14.8 Å². The van der Waals surface area contributed by atoms with Gasteiger partial charge in [0.1, 0.15) is 0 Å². The second-order valence-corrected chi connectivity index (χ2v) is 7.46. The number of amides is 1. The molecule has 0 unspecified atom stereocenters. The van der Waals surface area contributed by atoms with Crippen LogP contribution in [0, 0.1) is 0 Å². The van der Waals surface area contributed by atoms with Crippen molar-refractivity contribution in [2.45, 2.75) is 24.7 Å². The summed E-state index contributed by atoms with van der Waals surface area (Å²) in [5.74, 6) is -0.899. The second kappa shape index (κ2) is 9.18. The molecule has 2 rings (SSSR count). The molecule has 144 valence electrons. The number of ether oxygens (including phenoxy) is 1. The fourth-order valence-electron chi connectivity index (χ4n) is 2.33. The summed E-state index contributed by atoms with van der Waals surface area (Å²) in [6.07, 6.45) is 1.85. The lowest BCUT2D eigenvalue weighted by Crippen LogP contribution is -2.24. The first-order valence-corrected chi connectivity index (χ1v) is 9.95. The smallest absolute Gasteiger partial charge is 0.339 e. The van der Waals surface area contributed by atoms with Crippen LogP contribution in [0.5, 0.6) is 0 Å². The normalized spacial score (nSPS) is 10.9. The number of carbonyl (C=O) groups is 2. The zero-order chi connectivity index (χ0) is 19.9. The van der Waals surface area contributed by atoms with E-state index in [1.54, 1.807) is 12.1 Å². The third-order valence-corrected chi connectivity index (χ3v) is 5.20. The van der Waals surface area contributed by atoms with Gasteiger partial charge < -0.3 is 10.1 Å². The molecule has 0 heterocycles. The first kappa shape index (κ1) is 20.4. The molecule has 0 radical (unpaired) electrons. The van der Waals surface area contributed by atoms with Crippen LogP contribution < -0.4 is 10.0 Å². The van der Waals surface area contributed by atoms with Gasteiger partial charge in [-0.25, -0.2) is 13.2 Å². The van der Waals surface area contributed by atoms with Crippen molar-refractivity contribution in [3.8, 4) is 0 Å². The molecule has 0 spiro atoms. The Labute approximate surface area is 158 Å². The maximum Gasteiger partial charge on any atom is 0.339 e. The molecule has 0 saturated carbocycles. The third-order valence-electron chi connectivity index (χ3n) is 3.82. The molecule has 0 bridgehead atoms. The summed E-state index contributed by atoms with van der Waals surface area (Å²) >= 11 is 0. The Balaban J connectivity index is 2.18. The van der Waals surface area contributed by atoms with Crippen molar-refractivity contribution < 1.29 is 22.7 Å². The minimum absolute atomic E-state index is 0.0210. The summed E-state index contributed by atoms with van der Waals surface area (Å²) in [7, 11) is -2.71. The van der Waals surface area contributed by atoms with Crippen molar-refractivity contribution in [2.75, 3.05) is 18.4 Å². The number of esters is 1. The Morgan fingerprint density at radius 3 is 2.33 bits per heavy atom. The van der Waals surface area contributed by atoms with Crippen LogP contribution in [0.1, 0.15) is 40.5 Å². The average molecular weight is 390 g/mol. The van der Waals surface area contributed by atoms with Gasteiger partial charge in [-0.15, -0.1) is 0 Å². The highest BCUT2D eigenvalue weighted by Crippen LogP contribution is 2.21. The number of anilines is 1. The molecule has 2 aromatic carbocycles. The lowest BCUT2D eigenvalue weighted by atomic mass is 10.2. The number of hydrogen-bond donors (Lipinski definition) is 2. The molecule has 2 aromatic rings. The number of nitrogens with one attached hydrogen (secondary N) is 2. The second-order valence-electron chi connectivity index (χ2n) is 5.78. The molecule has 0 saturated heterocycles. The zero-order valence-corrected chi connectivity index (χ0v) is 16.0. The minimum Gasteiger partial charge on any atom is -0.465 e. The largest absolute Gasteiger partial charge is 0.465 e. The van der Waals surface area contributed by atoms with Gasteiger partial charge in [0.15, 0.2) is 0 Å². The van der Waals surface area contributed by atoms with Crippen LogP contribution in [-0.4, -0.2) is 33.9 Å². The molecule has 8 heteroatoms. The molecule has 0 fully saturated rings. The summed E-state index contributed by atoms with van der Waals surface area (Å²) in [5, 5.41) is 2.77. The lowest BCUT2D eigenvalue weighted by molar-refractivity contribution is 0.0601. The van der Waals surface area contributed by atoms with E-state index in [2.05, 4.69) is 14.8 Å². The Morgan fingerprint density at radius 2 is 1.70 bits per heavy atom. The van der Waals surface area contributed by atoms with Gasteiger partial charge in [-0.1, -0.05) is 25.5 Å². The fraction of sp³-hybridized carbons (Fsp3) is 0.263. The standard InChI is InChI=1S/C19H22N2O5S/c1-3-4-13-20-18(22)14-9-11-15(12-10-14)27(24,25)21-17-8-6-5-7-16(17)19(23)26-2/h5-12,21H,3-4,13H2,1-2H3,(H,20,22). The summed E-state index contributed by atoms with van der Waals surface area (Å²) in [5.41, 5.74) is 0.598. The predicted molar refractivity (Wildman–Crippen MR) is 102 cm³/mol. The van der Waals surface area contributed by atoms with Crippen molar-refractivity contribution in [2.24, 2.45) is 0 Å². The van der Waals surface area contributed by atoms with E-state index in [0.29, 0.717) is 12.1 Å². The Morgan fingerprint density at radius 1 is 1.04 bits per heavy atom. The number of rotatable bonds is 8. The molecule has 0 aliphatic carbocycles. The summed E-state index contributed by atoms with van der Waals surface area (Å²) in [4.78, 5) is 23.8. The molecule has 27 heavy (non-hydrogen) atoms. The van der Waals surface area contributed by atoms with Crippen molar-refractivity contribution in [3.63, 3.8) is 0 Å². The quantitative estimate of drug-likeness (QED) is 0.533. The van der Waals surface area contributed by atoms with E-state index in [-0.39, 0.29) is 22.1 Å². The number of methoxy groups -OCH3 is 1. The van der Waals surface area contributed by atoms with Crippen LogP contribution in [0.25, 0.3) is 0 Å². The highest BCUT2D eigenvalue weighted by molar-refractivity contribution is 7.92. The van der Waals surface area contributed by atoms with Crippen LogP contribution in [0.3, 0.4) is 0 Å². The molecule has 0 aromatic heterocycles. The van der Waals surface area contributed by atoms with Crippen molar-refractivity contribution in [1.29, 1.82) is 0 Å². The highest BCUT2D eigenvalue weighted by atomic mass is 32.2. The van der Waals surface area contributed by atoms with E-state index < -0.39 is 16.0 Å². The molecule has 7 nitrogen and oxygen atoms in total. The van der Waals surface area contributed by atoms with E-state index >= 15 is 0 Å². The first-order chi connectivity index (χ1) is 12.9. The van der Waals surface area contributed by atoms with E-state index in [1.165, 1.54) is 43.5 Å². The predicted octanol–water partition coefficient (Wildman–Crippen LogP) is 2.80. The van der Waals surface area contributed by atoms with E-state index in [1.807, 2.05) is 6.92 Å². The van der Waals surface area contributed by atoms with Crippen LogP contribution >= 0.6 is 0 Å². The van der Waals surface area contributed by atoms with E-state index in [0.717, 1.165) is 12.8 Å². The van der Waals surface area contributed by atoms with E-state index in [9.17, 15) is 18.0 Å².